The van der Waals surface area contributed by atoms with E-state index in [9.17, 15) is 0 Å². The maximum absolute atomic E-state index is 5.81. The number of nitrogens with zero attached hydrogens (tertiary/aromatic N) is 1. The molecule has 0 amide bonds. The van der Waals surface area contributed by atoms with Crippen molar-refractivity contribution in [2.45, 2.75) is 50.8 Å². The van der Waals surface area contributed by atoms with E-state index in [4.69, 9.17) is 9.73 Å². The molecule has 2 saturated heterocycles. The fourth-order valence-electron chi connectivity index (χ4n) is 2.50. The molecule has 1 saturated carbocycles. The predicted molar refractivity (Wildman–Crippen MR) is 68.0 cm³/mol. The van der Waals surface area contributed by atoms with Gasteiger partial charge in [0, 0.05) is 18.4 Å². The van der Waals surface area contributed by atoms with Crippen molar-refractivity contribution in [1.82, 2.24) is 5.32 Å². The number of hydrogen-bond donors (Lipinski definition) is 1. The van der Waals surface area contributed by atoms with Gasteiger partial charge >= 0.3 is 0 Å². The number of rotatable bonds is 2. The second-order valence-electron chi connectivity index (χ2n) is 5.15. The van der Waals surface area contributed by atoms with E-state index in [1.807, 2.05) is 11.8 Å². The minimum atomic E-state index is 0.423. The second-order valence-corrected chi connectivity index (χ2v) is 6.23. The number of thioether (sulfide) groups is 1. The summed E-state index contributed by atoms with van der Waals surface area (Å²) in [4.78, 5) is 4.87. The zero-order valence-electron chi connectivity index (χ0n) is 9.82. The van der Waals surface area contributed by atoms with Gasteiger partial charge in [-0.25, -0.2) is 0 Å². The minimum Gasteiger partial charge on any atom is -0.376 e. The van der Waals surface area contributed by atoms with E-state index in [-0.39, 0.29) is 0 Å². The van der Waals surface area contributed by atoms with E-state index in [2.05, 4.69) is 12.2 Å². The van der Waals surface area contributed by atoms with Crippen molar-refractivity contribution < 1.29 is 4.74 Å². The van der Waals surface area contributed by atoms with Crippen LogP contribution in [0.15, 0.2) is 4.99 Å². The highest BCUT2D eigenvalue weighted by Crippen LogP contribution is 2.40. The lowest BCUT2D eigenvalue weighted by Crippen LogP contribution is -2.37. The predicted octanol–water partition coefficient (Wildman–Crippen LogP) is 2.02. The molecule has 0 aromatic carbocycles. The van der Waals surface area contributed by atoms with Crippen LogP contribution in [0.1, 0.15) is 32.6 Å². The highest BCUT2D eigenvalue weighted by molar-refractivity contribution is 8.13. The van der Waals surface area contributed by atoms with Crippen molar-refractivity contribution >= 4 is 16.9 Å². The molecule has 4 heteroatoms. The number of aliphatic imine (C=N–C) groups is 1. The Hall–Kier alpha value is -0.220. The quantitative estimate of drug-likeness (QED) is 0.802. The lowest BCUT2D eigenvalue weighted by Gasteiger charge is -2.23. The first-order chi connectivity index (χ1) is 7.83. The highest BCUT2D eigenvalue weighted by Gasteiger charge is 2.40. The topological polar surface area (TPSA) is 33.6 Å². The Morgan fingerprint density at radius 3 is 2.94 bits per heavy atom. The van der Waals surface area contributed by atoms with E-state index in [1.165, 1.54) is 25.0 Å². The van der Waals surface area contributed by atoms with Crippen LogP contribution in [-0.4, -0.2) is 35.7 Å². The van der Waals surface area contributed by atoms with Crippen molar-refractivity contribution in [3.05, 3.63) is 0 Å². The number of nitrogens with one attached hydrogen (secondary N) is 1. The van der Waals surface area contributed by atoms with Crippen LogP contribution in [0, 0.1) is 5.92 Å². The molecular weight excluding hydrogens is 220 g/mol. The Kier molecular flexibility index (Phi) is 3.11. The summed E-state index contributed by atoms with van der Waals surface area (Å²) in [6, 6.07) is 1.01. The Balaban J connectivity index is 1.65. The molecule has 0 aromatic heterocycles. The first-order valence-corrected chi connectivity index (χ1v) is 7.40. The van der Waals surface area contributed by atoms with Gasteiger partial charge in [-0.1, -0.05) is 11.8 Å². The minimum absolute atomic E-state index is 0.423. The fourth-order valence-corrected chi connectivity index (χ4v) is 3.65. The molecule has 16 heavy (non-hydrogen) atoms. The summed E-state index contributed by atoms with van der Waals surface area (Å²) in [7, 11) is 0. The van der Waals surface area contributed by atoms with Gasteiger partial charge in [-0.05, 0) is 38.5 Å². The van der Waals surface area contributed by atoms with Crippen LogP contribution in [0.4, 0.5) is 0 Å². The van der Waals surface area contributed by atoms with Gasteiger partial charge in [0.05, 0.1) is 12.1 Å². The van der Waals surface area contributed by atoms with Crippen LogP contribution in [0.25, 0.3) is 0 Å². The first-order valence-electron chi connectivity index (χ1n) is 6.41. The summed E-state index contributed by atoms with van der Waals surface area (Å²) in [5, 5.41) is 4.63. The third kappa shape index (κ3) is 2.38. The second kappa shape index (κ2) is 4.57. The Morgan fingerprint density at radius 1 is 1.31 bits per heavy atom. The Bertz CT molecular complexity index is 291. The maximum Gasteiger partial charge on any atom is 0.157 e. The third-order valence-electron chi connectivity index (χ3n) is 3.63. The summed E-state index contributed by atoms with van der Waals surface area (Å²) in [6.07, 6.45) is 5.48. The summed E-state index contributed by atoms with van der Waals surface area (Å²) in [5.74, 6) is 2.01. The van der Waals surface area contributed by atoms with Crippen LogP contribution < -0.4 is 5.32 Å². The molecule has 90 valence electrons. The molecule has 2 aliphatic heterocycles. The van der Waals surface area contributed by atoms with Crippen molar-refractivity contribution in [2.75, 3.05) is 12.4 Å². The molecule has 0 aromatic rings. The molecule has 3 fully saturated rings. The third-order valence-corrected chi connectivity index (χ3v) is 4.57. The number of ether oxygens (including phenoxy) is 1. The van der Waals surface area contributed by atoms with E-state index < -0.39 is 0 Å². The molecule has 3 unspecified atom stereocenters. The smallest absolute Gasteiger partial charge is 0.157 e. The monoisotopic (exact) mass is 240 g/mol. The van der Waals surface area contributed by atoms with Gasteiger partial charge in [-0.3, -0.25) is 4.99 Å². The zero-order valence-corrected chi connectivity index (χ0v) is 10.6. The van der Waals surface area contributed by atoms with Gasteiger partial charge in [-0.2, -0.15) is 0 Å². The van der Waals surface area contributed by atoms with E-state index in [0.29, 0.717) is 18.2 Å². The van der Waals surface area contributed by atoms with Crippen molar-refractivity contribution in [3.8, 4) is 0 Å². The summed E-state index contributed by atoms with van der Waals surface area (Å²) in [5.41, 5.74) is 0. The molecule has 0 spiro atoms. The van der Waals surface area contributed by atoms with Crippen molar-refractivity contribution in [3.63, 3.8) is 0 Å². The largest absolute Gasteiger partial charge is 0.376 e. The average molecular weight is 240 g/mol. The van der Waals surface area contributed by atoms with Crippen molar-refractivity contribution in [1.29, 1.82) is 0 Å². The molecule has 1 aliphatic carbocycles. The number of amidine groups is 1. The maximum atomic E-state index is 5.81. The molecule has 1 N–H and O–H groups in total. The lowest BCUT2D eigenvalue weighted by molar-refractivity contribution is 0.0875. The van der Waals surface area contributed by atoms with Gasteiger partial charge in [0.15, 0.2) is 5.17 Å². The van der Waals surface area contributed by atoms with Crippen LogP contribution in [-0.2, 0) is 4.74 Å². The van der Waals surface area contributed by atoms with Crippen LogP contribution in [0.2, 0.25) is 0 Å². The molecule has 3 nitrogen and oxygen atoms in total. The summed E-state index contributed by atoms with van der Waals surface area (Å²) >= 11 is 1.87. The van der Waals surface area contributed by atoms with Gasteiger partial charge in [0.1, 0.15) is 0 Å². The normalized spacial score (nSPS) is 42.3. The highest BCUT2D eigenvalue weighted by atomic mass is 32.2. The summed E-state index contributed by atoms with van der Waals surface area (Å²) < 4.78 is 5.81. The average Bonchev–Trinajstić information content (AvgIpc) is 3.00. The standard InChI is InChI=1S/C12H20N2OS/c1-8-5-7-16-12(13-8)14-10-4-6-15-11(10)9-2-3-9/h8-11H,2-7H2,1H3,(H,13,14). The zero-order chi connectivity index (χ0) is 11.0. The molecule has 3 atom stereocenters. The molecule has 2 heterocycles. The first kappa shape index (κ1) is 10.9. The fraction of sp³-hybridized carbons (Fsp3) is 0.917. The van der Waals surface area contributed by atoms with Gasteiger partial charge in [0.2, 0.25) is 0 Å². The molecule has 3 rings (SSSR count). The van der Waals surface area contributed by atoms with E-state index >= 15 is 0 Å². The molecule has 0 radical (unpaired) electrons. The Morgan fingerprint density at radius 2 is 2.19 bits per heavy atom. The SMILES string of the molecule is CC1CCSC(=NC2CCOC2C2CC2)N1. The van der Waals surface area contributed by atoms with Gasteiger partial charge in [-0.15, -0.1) is 0 Å². The van der Waals surface area contributed by atoms with E-state index in [1.54, 1.807) is 0 Å². The van der Waals surface area contributed by atoms with E-state index in [0.717, 1.165) is 24.1 Å². The van der Waals surface area contributed by atoms with Gasteiger partial charge in [0.25, 0.3) is 0 Å². The van der Waals surface area contributed by atoms with Crippen LogP contribution >= 0.6 is 11.8 Å². The summed E-state index contributed by atoms with van der Waals surface area (Å²) in [6.45, 7) is 3.14. The van der Waals surface area contributed by atoms with Crippen molar-refractivity contribution in [2.24, 2.45) is 10.9 Å². The van der Waals surface area contributed by atoms with Crippen LogP contribution in [0.5, 0.6) is 0 Å². The number of hydrogen-bond acceptors (Lipinski definition) is 3. The Labute approximate surface area is 101 Å². The molecular formula is C12H20N2OS. The molecule has 0 bridgehead atoms. The van der Waals surface area contributed by atoms with Crippen LogP contribution in [0.3, 0.4) is 0 Å². The van der Waals surface area contributed by atoms with Gasteiger partial charge < -0.3 is 10.1 Å². The molecule has 3 aliphatic rings. The lowest BCUT2D eigenvalue weighted by atomic mass is 10.1.